The second-order valence-electron chi connectivity index (χ2n) is 10.1. The maximum absolute atomic E-state index is 12.1. The number of para-hydroxylation sites is 1. The maximum Gasteiger partial charge on any atom is 0.294 e. The molecule has 1 fully saturated rings. The van der Waals surface area contributed by atoms with Crippen LogP contribution in [0.25, 0.3) is 22.2 Å². The van der Waals surface area contributed by atoms with Gasteiger partial charge in [0.05, 0.1) is 22.9 Å². The van der Waals surface area contributed by atoms with Crippen molar-refractivity contribution in [3.05, 3.63) is 65.0 Å². The van der Waals surface area contributed by atoms with Crippen LogP contribution in [0.2, 0.25) is 0 Å². The van der Waals surface area contributed by atoms with Crippen LogP contribution in [0.1, 0.15) is 12.8 Å². The average molecular weight is 516 g/mol. The predicted molar refractivity (Wildman–Crippen MR) is 150 cm³/mol. The van der Waals surface area contributed by atoms with Gasteiger partial charge in [-0.3, -0.25) is 10.1 Å². The third-order valence-electron chi connectivity index (χ3n) is 6.81. The summed E-state index contributed by atoms with van der Waals surface area (Å²) >= 11 is 0. The van der Waals surface area contributed by atoms with E-state index in [9.17, 15) is 10.1 Å². The number of nitro groups is 1. The maximum atomic E-state index is 12.1. The highest BCUT2D eigenvalue weighted by Gasteiger charge is 2.26. The first-order chi connectivity index (χ1) is 18.3. The summed E-state index contributed by atoms with van der Waals surface area (Å²) in [7, 11) is 7.82. The van der Waals surface area contributed by atoms with Gasteiger partial charge in [-0.1, -0.05) is 18.2 Å². The number of aromatic nitrogens is 3. The molecule has 0 spiro atoms. The van der Waals surface area contributed by atoms with Crippen LogP contribution < -0.4 is 15.0 Å². The smallest absolute Gasteiger partial charge is 0.294 e. The molecule has 2 aromatic carbocycles. The minimum atomic E-state index is -0.356. The molecule has 1 saturated carbocycles. The molecular formula is C28H33N7O3. The number of nitro benzene ring substituents is 1. The van der Waals surface area contributed by atoms with E-state index in [0.29, 0.717) is 42.1 Å². The SMILES string of the molecule is CN(C)CCN(C)c1cc(OCC2CC2)c(Nc2nccc(-c3cn(C)c4ccccc34)n2)cc1[N+](=O)[O-]. The average Bonchev–Trinajstić information content (AvgIpc) is 3.68. The van der Waals surface area contributed by atoms with Gasteiger partial charge in [0, 0.05) is 68.2 Å². The summed E-state index contributed by atoms with van der Waals surface area (Å²) in [5.74, 6) is 1.42. The van der Waals surface area contributed by atoms with Gasteiger partial charge in [-0.2, -0.15) is 0 Å². The van der Waals surface area contributed by atoms with Gasteiger partial charge in [-0.05, 0) is 45.0 Å². The lowest BCUT2D eigenvalue weighted by molar-refractivity contribution is -0.384. The van der Waals surface area contributed by atoms with E-state index in [1.807, 2.05) is 62.4 Å². The second kappa shape index (κ2) is 10.7. The van der Waals surface area contributed by atoms with Crippen molar-refractivity contribution in [1.29, 1.82) is 0 Å². The van der Waals surface area contributed by atoms with E-state index in [4.69, 9.17) is 9.72 Å². The first-order valence-corrected chi connectivity index (χ1v) is 12.8. The van der Waals surface area contributed by atoms with Crippen LogP contribution in [-0.2, 0) is 7.05 Å². The molecule has 0 amide bonds. The summed E-state index contributed by atoms with van der Waals surface area (Å²) in [6, 6.07) is 13.3. The molecule has 0 radical (unpaired) electrons. The minimum Gasteiger partial charge on any atom is -0.491 e. The van der Waals surface area contributed by atoms with Gasteiger partial charge < -0.3 is 24.4 Å². The molecule has 38 heavy (non-hydrogen) atoms. The lowest BCUT2D eigenvalue weighted by Crippen LogP contribution is -2.29. The predicted octanol–water partition coefficient (Wildman–Crippen LogP) is 5.07. The number of nitrogens with zero attached hydrogens (tertiary/aromatic N) is 6. The number of nitrogens with one attached hydrogen (secondary N) is 1. The number of fused-ring (bicyclic) bond motifs is 1. The van der Waals surface area contributed by atoms with Crippen molar-refractivity contribution in [2.75, 3.05) is 51.1 Å². The van der Waals surface area contributed by atoms with Gasteiger partial charge in [0.15, 0.2) is 0 Å². The van der Waals surface area contributed by atoms with Crippen molar-refractivity contribution in [1.82, 2.24) is 19.4 Å². The molecule has 5 rings (SSSR count). The Morgan fingerprint density at radius 3 is 2.68 bits per heavy atom. The van der Waals surface area contributed by atoms with Crippen molar-refractivity contribution in [3.63, 3.8) is 0 Å². The Balaban J connectivity index is 1.50. The molecule has 10 nitrogen and oxygen atoms in total. The van der Waals surface area contributed by atoms with E-state index >= 15 is 0 Å². The Morgan fingerprint density at radius 2 is 1.95 bits per heavy atom. The monoisotopic (exact) mass is 515 g/mol. The highest BCUT2D eigenvalue weighted by Crippen LogP contribution is 2.40. The molecule has 0 atom stereocenters. The van der Waals surface area contributed by atoms with E-state index < -0.39 is 0 Å². The van der Waals surface area contributed by atoms with Crippen molar-refractivity contribution >= 4 is 33.9 Å². The van der Waals surface area contributed by atoms with Gasteiger partial charge in [0.1, 0.15) is 11.4 Å². The molecule has 0 unspecified atom stereocenters. The lowest BCUT2D eigenvalue weighted by Gasteiger charge is -2.23. The fourth-order valence-corrected chi connectivity index (χ4v) is 4.42. The van der Waals surface area contributed by atoms with Gasteiger partial charge in [0.2, 0.25) is 5.95 Å². The fraction of sp³-hybridized carbons (Fsp3) is 0.357. The molecular weight excluding hydrogens is 482 g/mol. The molecule has 1 N–H and O–H groups in total. The first-order valence-electron chi connectivity index (χ1n) is 12.8. The van der Waals surface area contributed by atoms with Gasteiger partial charge in [0.25, 0.3) is 5.69 Å². The first kappa shape index (κ1) is 25.5. The van der Waals surface area contributed by atoms with Gasteiger partial charge >= 0.3 is 0 Å². The Bertz CT molecular complexity index is 1460. The van der Waals surface area contributed by atoms with Crippen LogP contribution >= 0.6 is 0 Å². The number of hydrogen-bond donors (Lipinski definition) is 1. The molecule has 0 aliphatic heterocycles. The quantitative estimate of drug-likeness (QED) is 0.218. The van der Waals surface area contributed by atoms with Crippen LogP contribution in [0.5, 0.6) is 5.75 Å². The van der Waals surface area contributed by atoms with Crippen LogP contribution in [0, 0.1) is 16.0 Å². The highest BCUT2D eigenvalue weighted by molar-refractivity contribution is 5.95. The Labute approximate surface area is 222 Å². The molecule has 2 aromatic heterocycles. The summed E-state index contributed by atoms with van der Waals surface area (Å²) in [5.41, 5.74) is 3.83. The van der Waals surface area contributed by atoms with E-state index in [-0.39, 0.29) is 10.6 Å². The Hall–Kier alpha value is -4.18. The van der Waals surface area contributed by atoms with E-state index in [0.717, 1.165) is 41.5 Å². The van der Waals surface area contributed by atoms with Crippen LogP contribution in [0.4, 0.5) is 23.0 Å². The zero-order chi connectivity index (χ0) is 26.8. The number of ether oxygens (including phenoxy) is 1. The van der Waals surface area contributed by atoms with E-state index in [2.05, 4.69) is 27.0 Å². The summed E-state index contributed by atoms with van der Waals surface area (Å²) < 4.78 is 8.25. The zero-order valence-electron chi connectivity index (χ0n) is 22.2. The molecule has 1 aliphatic rings. The number of anilines is 3. The number of aryl methyl sites for hydroxylation is 1. The summed E-state index contributed by atoms with van der Waals surface area (Å²) in [4.78, 5) is 24.8. The standard InChI is InChI=1S/C28H33N7O3/c1-32(2)13-14-33(3)25-16-27(38-18-19-9-10-19)23(15-26(25)35(36)37)31-28-29-12-11-22(30-28)21-17-34(4)24-8-6-5-7-20(21)24/h5-8,11-12,15-17,19H,9-10,13-14,18H2,1-4H3,(H,29,30,31). The number of benzene rings is 2. The summed E-state index contributed by atoms with van der Waals surface area (Å²) in [6.07, 6.45) is 6.02. The number of rotatable bonds is 11. The third-order valence-corrected chi connectivity index (χ3v) is 6.81. The van der Waals surface area contributed by atoms with Gasteiger partial charge in [-0.15, -0.1) is 0 Å². The molecule has 1 aliphatic carbocycles. The topological polar surface area (TPSA) is 102 Å². The second-order valence-corrected chi connectivity index (χ2v) is 10.1. The number of hydrogen-bond acceptors (Lipinski definition) is 8. The normalized spacial score (nSPS) is 13.2. The Kier molecular flexibility index (Phi) is 7.15. The molecule has 2 heterocycles. The molecule has 4 aromatic rings. The molecule has 198 valence electrons. The van der Waals surface area contributed by atoms with Crippen LogP contribution in [0.15, 0.2) is 54.9 Å². The Morgan fingerprint density at radius 1 is 1.16 bits per heavy atom. The van der Waals surface area contributed by atoms with Crippen molar-refractivity contribution in [2.24, 2.45) is 13.0 Å². The van der Waals surface area contributed by atoms with Crippen LogP contribution in [-0.4, -0.2) is 65.2 Å². The van der Waals surface area contributed by atoms with Gasteiger partial charge in [-0.25, -0.2) is 9.97 Å². The summed E-state index contributed by atoms with van der Waals surface area (Å²) in [6.45, 7) is 1.98. The molecule has 0 saturated heterocycles. The lowest BCUT2D eigenvalue weighted by atomic mass is 10.1. The molecule has 0 bridgehead atoms. The summed E-state index contributed by atoms with van der Waals surface area (Å²) in [5, 5.41) is 16.4. The van der Waals surface area contributed by atoms with Crippen molar-refractivity contribution < 1.29 is 9.66 Å². The van der Waals surface area contributed by atoms with Crippen molar-refractivity contribution in [2.45, 2.75) is 12.8 Å². The highest BCUT2D eigenvalue weighted by atomic mass is 16.6. The van der Waals surface area contributed by atoms with Crippen LogP contribution in [0.3, 0.4) is 0 Å². The fourth-order valence-electron chi connectivity index (χ4n) is 4.42. The zero-order valence-corrected chi connectivity index (χ0v) is 22.2. The van der Waals surface area contributed by atoms with E-state index in [1.54, 1.807) is 12.3 Å². The van der Waals surface area contributed by atoms with Crippen molar-refractivity contribution in [3.8, 4) is 17.0 Å². The largest absolute Gasteiger partial charge is 0.491 e. The minimum absolute atomic E-state index is 0.00210. The third kappa shape index (κ3) is 5.55. The van der Waals surface area contributed by atoms with E-state index in [1.165, 1.54) is 6.07 Å². The molecule has 10 heteroatoms. The number of likely N-dealkylation sites (N-methyl/N-ethyl adjacent to an activating group) is 2.